The molecule has 0 fully saturated rings. The summed E-state index contributed by atoms with van der Waals surface area (Å²) in [5.74, 6) is 0.654. The molecule has 1 heterocycles. The third-order valence-electron chi connectivity index (χ3n) is 5.32. The van der Waals surface area contributed by atoms with Gasteiger partial charge in [0.2, 0.25) is 0 Å². The van der Waals surface area contributed by atoms with Gasteiger partial charge in [-0.2, -0.15) is 0 Å². The Morgan fingerprint density at radius 2 is 1.96 bits per heavy atom. The molecule has 2 rings (SSSR count). The quantitative estimate of drug-likeness (QED) is 0.305. The van der Waals surface area contributed by atoms with Crippen molar-refractivity contribution in [1.29, 1.82) is 0 Å². The normalized spacial score (nSPS) is 20.9. The molecule has 1 aromatic carbocycles. The number of fused-ring (bicyclic) bond motifs is 1. The number of carbonyl (C=O) groups excluding carboxylic acids is 1. The molecule has 0 radical (unpaired) electrons. The standard InChI is InChI=1S/C20H29NO5S/c1-10(9-22)18(24)21-19(27)20(6)8-7-15-13(4)16(25-14(5)23)11(2)12(3)17(15)26-20/h10,18,22,24H,7-9H2,1-6H3,(H,21,27). The van der Waals surface area contributed by atoms with Crippen LogP contribution < -0.4 is 14.8 Å². The number of hydrogen-bond donors (Lipinski definition) is 3. The van der Waals surface area contributed by atoms with Crippen LogP contribution in [0.5, 0.6) is 11.5 Å². The molecule has 7 heteroatoms. The van der Waals surface area contributed by atoms with Gasteiger partial charge in [0.05, 0.1) is 0 Å². The molecule has 27 heavy (non-hydrogen) atoms. The average molecular weight is 396 g/mol. The van der Waals surface area contributed by atoms with Crippen LogP contribution in [-0.2, 0) is 11.2 Å². The summed E-state index contributed by atoms with van der Waals surface area (Å²) in [5, 5.41) is 22.2. The number of thiocarbonyl (C=S) groups is 1. The summed E-state index contributed by atoms with van der Waals surface area (Å²) in [5.41, 5.74) is 2.91. The summed E-state index contributed by atoms with van der Waals surface area (Å²) >= 11 is 5.50. The van der Waals surface area contributed by atoms with E-state index in [0.29, 0.717) is 23.6 Å². The van der Waals surface area contributed by atoms with Gasteiger partial charge < -0.3 is 25.0 Å². The minimum atomic E-state index is -0.944. The van der Waals surface area contributed by atoms with Gasteiger partial charge in [-0.15, -0.1) is 0 Å². The van der Waals surface area contributed by atoms with E-state index in [1.165, 1.54) is 6.92 Å². The molecular formula is C20H29NO5S. The molecule has 6 nitrogen and oxygen atoms in total. The molecule has 1 aromatic rings. The second kappa shape index (κ2) is 8.12. The molecule has 0 spiro atoms. The molecule has 1 aliphatic heterocycles. The molecule has 150 valence electrons. The van der Waals surface area contributed by atoms with Gasteiger partial charge in [-0.3, -0.25) is 4.79 Å². The predicted octanol–water partition coefficient (Wildman–Crippen LogP) is 2.48. The molecule has 0 amide bonds. The van der Waals surface area contributed by atoms with Gasteiger partial charge in [0.1, 0.15) is 22.7 Å². The van der Waals surface area contributed by atoms with E-state index in [4.69, 9.17) is 21.7 Å². The minimum Gasteiger partial charge on any atom is -0.480 e. The van der Waals surface area contributed by atoms with Crippen molar-refractivity contribution >= 4 is 23.2 Å². The zero-order valence-electron chi connectivity index (χ0n) is 16.8. The van der Waals surface area contributed by atoms with Crippen LogP contribution in [0.25, 0.3) is 0 Å². The van der Waals surface area contributed by atoms with Crippen LogP contribution >= 0.6 is 12.2 Å². The number of rotatable bonds is 5. The molecule has 1 aliphatic rings. The van der Waals surface area contributed by atoms with Crippen molar-refractivity contribution in [3.63, 3.8) is 0 Å². The van der Waals surface area contributed by atoms with Crippen molar-refractivity contribution in [1.82, 2.24) is 5.32 Å². The van der Waals surface area contributed by atoms with E-state index in [-0.39, 0.29) is 18.5 Å². The first kappa shape index (κ1) is 21.6. The van der Waals surface area contributed by atoms with Crippen molar-refractivity contribution in [2.45, 2.75) is 66.2 Å². The summed E-state index contributed by atoms with van der Waals surface area (Å²) in [6.07, 6.45) is 0.385. The van der Waals surface area contributed by atoms with Crippen LogP contribution in [0.3, 0.4) is 0 Å². The minimum absolute atomic E-state index is 0.145. The lowest BCUT2D eigenvalue weighted by Crippen LogP contribution is -2.54. The second-order valence-electron chi connectivity index (χ2n) is 7.52. The van der Waals surface area contributed by atoms with Crippen molar-refractivity contribution in [3.8, 4) is 11.5 Å². The lowest BCUT2D eigenvalue weighted by molar-refractivity contribution is -0.132. The first-order chi connectivity index (χ1) is 12.5. The highest BCUT2D eigenvalue weighted by Gasteiger charge is 2.39. The van der Waals surface area contributed by atoms with Crippen molar-refractivity contribution < 1.29 is 24.5 Å². The Kier molecular flexibility index (Phi) is 6.50. The van der Waals surface area contributed by atoms with Crippen LogP contribution in [0, 0.1) is 26.7 Å². The monoisotopic (exact) mass is 395 g/mol. The smallest absolute Gasteiger partial charge is 0.308 e. The van der Waals surface area contributed by atoms with E-state index in [1.807, 2.05) is 27.7 Å². The van der Waals surface area contributed by atoms with E-state index >= 15 is 0 Å². The summed E-state index contributed by atoms with van der Waals surface area (Å²) in [7, 11) is 0. The number of hydrogen-bond acceptors (Lipinski definition) is 6. The highest BCUT2D eigenvalue weighted by Crippen LogP contribution is 2.44. The molecule has 0 saturated carbocycles. The van der Waals surface area contributed by atoms with Crippen LogP contribution in [-0.4, -0.2) is 39.6 Å². The first-order valence-corrected chi connectivity index (χ1v) is 9.52. The molecule has 3 atom stereocenters. The van der Waals surface area contributed by atoms with Gasteiger partial charge in [0, 0.05) is 25.0 Å². The maximum absolute atomic E-state index is 11.5. The highest BCUT2D eigenvalue weighted by molar-refractivity contribution is 7.80. The summed E-state index contributed by atoms with van der Waals surface area (Å²) < 4.78 is 11.8. The van der Waals surface area contributed by atoms with Gasteiger partial charge in [0.25, 0.3) is 0 Å². The molecule has 0 saturated heterocycles. The van der Waals surface area contributed by atoms with Gasteiger partial charge in [-0.25, -0.2) is 0 Å². The molecule has 0 aliphatic carbocycles. The van der Waals surface area contributed by atoms with Crippen LogP contribution in [0.15, 0.2) is 0 Å². The van der Waals surface area contributed by atoms with Crippen molar-refractivity contribution in [2.24, 2.45) is 5.92 Å². The molecule has 0 bridgehead atoms. The van der Waals surface area contributed by atoms with Gasteiger partial charge in [-0.05, 0) is 57.2 Å². The van der Waals surface area contributed by atoms with E-state index < -0.39 is 11.8 Å². The molecule has 3 unspecified atom stereocenters. The number of aliphatic hydroxyl groups is 2. The summed E-state index contributed by atoms with van der Waals surface area (Å²) in [6.45, 7) is 10.6. The fraction of sp³-hybridized carbons (Fsp3) is 0.600. The fourth-order valence-corrected chi connectivity index (χ4v) is 3.48. The van der Waals surface area contributed by atoms with Crippen LogP contribution in [0.1, 0.15) is 49.4 Å². The van der Waals surface area contributed by atoms with E-state index in [1.54, 1.807) is 6.92 Å². The molecule has 3 N–H and O–H groups in total. The van der Waals surface area contributed by atoms with Crippen LogP contribution in [0.4, 0.5) is 0 Å². The Bertz CT molecular complexity index is 763. The van der Waals surface area contributed by atoms with Gasteiger partial charge in [-0.1, -0.05) is 19.1 Å². The largest absolute Gasteiger partial charge is 0.480 e. The molecular weight excluding hydrogens is 366 g/mol. The van der Waals surface area contributed by atoms with Crippen molar-refractivity contribution in [2.75, 3.05) is 6.61 Å². The maximum atomic E-state index is 11.5. The number of nitrogens with one attached hydrogen (secondary N) is 1. The lowest BCUT2D eigenvalue weighted by Gasteiger charge is -2.39. The Labute approximate surface area is 165 Å². The number of aliphatic hydroxyl groups excluding tert-OH is 2. The second-order valence-corrected chi connectivity index (χ2v) is 7.92. The summed E-state index contributed by atoms with van der Waals surface area (Å²) in [6, 6.07) is 0. The Balaban J connectivity index is 2.35. The van der Waals surface area contributed by atoms with E-state index in [9.17, 15) is 15.0 Å². The third-order valence-corrected chi connectivity index (χ3v) is 5.87. The maximum Gasteiger partial charge on any atom is 0.308 e. The van der Waals surface area contributed by atoms with E-state index in [2.05, 4.69) is 5.32 Å². The average Bonchev–Trinajstić information content (AvgIpc) is 2.62. The van der Waals surface area contributed by atoms with Gasteiger partial charge >= 0.3 is 5.97 Å². The van der Waals surface area contributed by atoms with Crippen molar-refractivity contribution in [3.05, 3.63) is 22.3 Å². The number of benzene rings is 1. The predicted molar refractivity (Wildman–Crippen MR) is 107 cm³/mol. The molecule has 0 aromatic heterocycles. The Morgan fingerprint density at radius 3 is 2.52 bits per heavy atom. The zero-order chi connectivity index (χ0) is 20.5. The number of carbonyl (C=O) groups is 1. The summed E-state index contributed by atoms with van der Waals surface area (Å²) in [4.78, 5) is 11.9. The zero-order valence-corrected chi connectivity index (χ0v) is 17.6. The van der Waals surface area contributed by atoms with Crippen LogP contribution in [0.2, 0.25) is 0 Å². The highest BCUT2D eigenvalue weighted by atomic mass is 32.1. The SMILES string of the molecule is CC(=O)Oc1c(C)c(C)c2c(c1C)CCC(C)(C(=S)NC(O)C(C)CO)O2. The van der Waals surface area contributed by atoms with Gasteiger partial charge in [0.15, 0.2) is 5.60 Å². The Hall–Kier alpha value is -1.70. The topological polar surface area (TPSA) is 88.0 Å². The number of ether oxygens (including phenoxy) is 2. The third kappa shape index (κ3) is 4.25. The lowest BCUT2D eigenvalue weighted by atomic mass is 9.87. The first-order valence-electron chi connectivity index (χ1n) is 9.11. The Morgan fingerprint density at radius 1 is 1.33 bits per heavy atom. The van der Waals surface area contributed by atoms with E-state index in [0.717, 1.165) is 28.0 Å². The fourth-order valence-electron chi connectivity index (χ4n) is 3.22. The number of esters is 1.